The molecule has 0 aliphatic heterocycles. The summed E-state index contributed by atoms with van der Waals surface area (Å²) in [4.78, 5) is 0. The molecule has 0 amide bonds. The van der Waals surface area contributed by atoms with Crippen LogP contribution in [0.4, 0.5) is 0 Å². The standard InChI is InChI=1S/C30H54O3Si/c1-22(21-34(31-5,32-6)33-7)11-10-12-23(2)26-16-17-27-25-15-14-24-13-8-9-19-29(24,3)28(25)18-20-30(26,27)4/h8,13,22-28H,9-12,14-21H2,1-7H3/t22?,23-,24?,25+,26-,27+,28+,29+,30-/m1/s1. The number of rotatable bonds is 10. The maximum absolute atomic E-state index is 5.66. The van der Waals surface area contributed by atoms with Crippen molar-refractivity contribution in [2.24, 2.45) is 52.3 Å². The highest BCUT2D eigenvalue weighted by atomic mass is 28.4. The van der Waals surface area contributed by atoms with Gasteiger partial charge in [-0.05, 0) is 104 Å². The zero-order chi connectivity index (χ0) is 24.6. The van der Waals surface area contributed by atoms with Crippen molar-refractivity contribution in [1.29, 1.82) is 0 Å². The van der Waals surface area contributed by atoms with E-state index in [1.165, 1.54) is 70.6 Å². The molecular weight excluding hydrogens is 436 g/mol. The predicted molar refractivity (Wildman–Crippen MR) is 144 cm³/mol. The fourth-order valence-corrected chi connectivity index (χ4v) is 11.9. The molecule has 0 aromatic heterocycles. The third-order valence-electron chi connectivity index (χ3n) is 11.8. The molecule has 0 aromatic rings. The Morgan fingerprint density at radius 3 is 2.26 bits per heavy atom. The highest BCUT2D eigenvalue weighted by molar-refractivity contribution is 6.60. The van der Waals surface area contributed by atoms with E-state index in [0.717, 1.165) is 41.6 Å². The molecule has 4 heteroatoms. The number of hydrogen-bond acceptors (Lipinski definition) is 3. The summed E-state index contributed by atoms with van der Waals surface area (Å²) in [6, 6.07) is 0.923. The number of hydrogen-bond donors (Lipinski definition) is 0. The normalized spacial score (nSPS) is 41.4. The molecule has 0 radical (unpaired) electrons. The number of fused-ring (bicyclic) bond motifs is 5. The highest BCUT2D eigenvalue weighted by Gasteiger charge is 2.59. The molecule has 0 saturated heterocycles. The van der Waals surface area contributed by atoms with Crippen molar-refractivity contribution in [3.05, 3.63) is 12.2 Å². The summed E-state index contributed by atoms with van der Waals surface area (Å²) in [5.41, 5.74) is 1.17. The predicted octanol–water partition coefficient (Wildman–Crippen LogP) is 8.13. The van der Waals surface area contributed by atoms with Crippen LogP contribution in [-0.2, 0) is 13.3 Å². The molecule has 2 unspecified atom stereocenters. The van der Waals surface area contributed by atoms with Crippen LogP contribution in [0.3, 0.4) is 0 Å². The largest absolute Gasteiger partial charge is 0.500 e. The van der Waals surface area contributed by atoms with E-state index in [0.29, 0.717) is 16.7 Å². The summed E-state index contributed by atoms with van der Waals surface area (Å²) in [5, 5.41) is 0. The van der Waals surface area contributed by atoms with Gasteiger partial charge in [0, 0.05) is 27.4 Å². The van der Waals surface area contributed by atoms with Gasteiger partial charge in [-0.25, -0.2) is 0 Å². The molecule has 3 nitrogen and oxygen atoms in total. The van der Waals surface area contributed by atoms with E-state index in [1.807, 2.05) is 0 Å². The van der Waals surface area contributed by atoms with Gasteiger partial charge < -0.3 is 13.3 Å². The van der Waals surface area contributed by atoms with Gasteiger partial charge in [0.05, 0.1) is 0 Å². The number of allylic oxidation sites excluding steroid dienone is 2. The fraction of sp³-hybridized carbons (Fsp3) is 0.933. The maximum atomic E-state index is 5.66. The third-order valence-corrected chi connectivity index (χ3v) is 14.9. The average molecular weight is 491 g/mol. The van der Waals surface area contributed by atoms with Crippen molar-refractivity contribution in [1.82, 2.24) is 0 Å². The van der Waals surface area contributed by atoms with E-state index in [2.05, 4.69) is 39.8 Å². The van der Waals surface area contributed by atoms with Gasteiger partial charge in [-0.3, -0.25) is 0 Å². The molecular formula is C30H54O3Si. The fourth-order valence-electron chi connectivity index (χ4n) is 9.82. The van der Waals surface area contributed by atoms with Crippen molar-refractivity contribution in [3.63, 3.8) is 0 Å². The minimum absolute atomic E-state index is 0.585. The smallest absolute Gasteiger partial charge is 0.377 e. The Labute approximate surface area is 212 Å². The Kier molecular flexibility index (Phi) is 8.44. The van der Waals surface area contributed by atoms with Crippen LogP contribution in [0, 0.1) is 52.3 Å². The van der Waals surface area contributed by atoms with E-state index < -0.39 is 8.80 Å². The lowest BCUT2D eigenvalue weighted by atomic mass is 9.45. The van der Waals surface area contributed by atoms with Gasteiger partial charge in [-0.1, -0.05) is 59.1 Å². The monoisotopic (exact) mass is 490 g/mol. The Balaban J connectivity index is 1.33. The summed E-state index contributed by atoms with van der Waals surface area (Å²) in [7, 11) is 2.74. The molecule has 0 spiro atoms. The first-order chi connectivity index (χ1) is 16.2. The van der Waals surface area contributed by atoms with Gasteiger partial charge >= 0.3 is 8.80 Å². The van der Waals surface area contributed by atoms with Crippen LogP contribution in [0.15, 0.2) is 12.2 Å². The average Bonchev–Trinajstić information content (AvgIpc) is 3.19. The zero-order valence-corrected chi connectivity index (χ0v) is 24.4. The third kappa shape index (κ3) is 4.75. The lowest BCUT2D eigenvalue weighted by molar-refractivity contribution is -0.0955. The Hall–Kier alpha value is -0.163. The molecule has 196 valence electrons. The summed E-state index contributed by atoms with van der Waals surface area (Å²) >= 11 is 0. The topological polar surface area (TPSA) is 27.7 Å². The first-order valence-corrected chi connectivity index (χ1v) is 16.5. The van der Waals surface area contributed by atoms with Crippen molar-refractivity contribution in [2.75, 3.05) is 21.3 Å². The van der Waals surface area contributed by atoms with Gasteiger partial charge in [0.25, 0.3) is 0 Å². The van der Waals surface area contributed by atoms with Crippen LogP contribution in [0.2, 0.25) is 6.04 Å². The molecule has 9 atom stereocenters. The minimum atomic E-state index is -2.46. The minimum Gasteiger partial charge on any atom is -0.377 e. The second-order valence-corrected chi connectivity index (χ2v) is 16.3. The van der Waals surface area contributed by atoms with Gasteiger partial charge in [-0.2, -0.15) is 0 Å². The van der Waals surface area contributed by atoms with Gasteiger partial charge in [0.15, 0.2) is 0 Å². The van der Waals surface area contributed by atoms with Gasteiger partial charge in [0.1, 0.15) is 0 Å². The lowest BCUT2D eigenvalue weighted by Crippen LogP contribution is -2.52. The molecule has 4 rings (SSSR count). The molecule has 0 N–H and O–H groups in total. The Morgan fingerprint density at radius 1 is 0.853 bits per heavy atom. The van der Waals surface area contributed by atoms with Gasteiger partial charge in [-0.15, -0.1) is 0 Å². The molecule has 3 fully saturated rings. The first-order valence-electron chi connectivity index (χ1n) is 14.5. The molecule has 3 saturated carbocycles. The molecule has 0 heterocycles. The van der Waals surface area contributed by atoms with E-state index in [4.69, 9.17) is 13.3 Å². The summed E-state index contributed by atoms with van der Waals surface area (Å²) in [6.07, 6.45) is 20.7. The van der Waals surface area contributed by atoms with Crippen LogP contribution < -0.4 is 0 Å². The van der Waals surface area contributed by atoms with E-state index in [-0.39, 0.29) is 0 Å². The van der Waals surface area contributed by atoms with Crippen molar-refractivity contribution < 1.29 is 13.3 Å². The zero-order valence-electron chi connectivity index (χ0n) is 23.4. The van der Waals surface area contributed by atoms with Crippen LogP contribution >= 0.6 is 0 Å². The second-order valence-electron chi connectivity index (χ2n) is 13.3. The van der Waals surface area contributed by atoms with Crippen molar-refractivity contribution in [2.45, 2.75) is 104 Å². The van der Waals surface area contributed by atoms with Gasteiger partial charge in [0.2, 0.25) is 0 Å². The van der Waals surface area contributed by atoms with E-state index >= 15 is 0 Å². The Morgan fingerprint density at radius 2 is 1.56 bits per heavy atom. The quantitative estimate of drug-likeness (QED) is 0.228. The summed E-state index contributed by atoms with van der Waals surface area (Å²) < 4.78 is 17.0. The summed E-state index contributed by atoms with van der Waals surface area (Å²) in [6.45, 7) is 10.3. The molecule has 4 aliphatic rings. The maximum Gasteiger partial charge on any atom is 0.500 e. The second kappa shape index (κ2) is 10.7. The van der Waals surface area contributed by atoms with Crippen LogP contribution in [0.5, 0.6) is 0 Å². The van der Waals surface area contributed by atoms with Crippen LogP contribution in [0.1, 0.15) is 98.3 Å². The molecule has 34 heavy (non-hydrogen) atoms. The van der Waals surface area contributed by atoms with E-state index in [1.54, 1.807) is 21.3 Å². The lowest BCUT2D eigenvalue weighted by Gasteiger charge is -2.60. The van der Waals surface area contributed by atoms with Crippen LogP contribution in [-0.4, -0.2) is 30.1 Å². The highest BCUT2D eigenvalue weighted by Crippen LogP contribution is 2.67. The Bertz CT molecular complexity index is 697. The SMILES string of the molecule is CO[Si](CC(C)CCC[C@@H](C)[C@H]1CC[C@H]2[C@@H]3CCC4C=CCC[C@]4(C)[C@H]3CC[C@]12C)(OC)OC. The first kappa shape index (κ1) is 26.9. The van der Waals surface area contributed by atoms with Crippen LogP contribution in [0.25, 0.3) is 0 Å². The molecule has 0 bridgehead atoms. The molecule has 4 aliphatic carbocycles. The molecule has 0 aromatic carbocycles. The van der Waals surface area contributed by atoms with Crippen molar-refractivity contribution in [3.8, 4) is 0 Å². The van der Waals surface area contributed by atoms with Crippen molar-refractivity contribution >= 4 is 8.80 Å². The summed E-state index contributed by atoms with van der Waals surface area (Å²) in [5.74, 6) is 6.18. The van der Waals surface area contributed by atoms with E-state index in [9.17, 15) is 0 Å².